The topological polar surface area (TPSA) is 168 Å². The van der Waals surface area contributed by atoms with Gasteiger partial charge in [-0.1, -0.05) is 104 Å². The molecule has 5 rings (SSSR count). The van der Waals surface area contributed by atoms with Gasteiger partial charge in [-0.3, -0.25) is 9.59 Å². The Labute approximate surface area is 313 Å². The predicted octanol–water partition coefficient (Wildman–Crippen LogP) is 6.03. The largest absolute Gasteiger partial charge is 0.480 e. The second-order valence-corrected chi connectivity index (χ2v) is 13.3. The summed E-state index contributed by atoms with van der Waals surface area (Å²) in [7, 11) is 0. The summed E-state index contributed by atoms with van der Waals surface area (Å²) in [4.78, 5) is 43.0. The van der Waals surface area contributed by atoms with E-state index in [0.29, 0.717) is 50.4 Å². The molecule has 4 N–H and O–H groups in total. The minimum Gasteiger partial charge on any atom is -0.480 e. The van der Waals surface area contributed by atoms with Gasteiger partial charge in [-0.05, 0) is 59.6 Å². The SMILES string of the molecule is CCCCc1nc(Cl)c(C(=O)NCCCC[C@H](NC(=O)C(CS)Cc2ccccc2)C(=O)O)n1Cc1ccc(-c2ccccc2-c2nn[nH]n2)cc1. The number of nitrogens with zero attached hydrogens (tertiary/aromatic N) is 5. The zero-order valence-electron chi connectivity index (χ0n) is 29.0. The zero-order valence-corrected chi connectivity index (χ0v) is 30.6. The molecule has 0 radical (unpaired) electrons. The Morgan fingerprint density at radius 2 is 1.67 bits per heavy atom. The number of benzene rings is 3. The van der Waals surface area contributed by atoms with Crippen LogP contribution < -0.4 is 10.6 Å². The van der Waals surface area contributed by atoms with Crippen molar-refractivity contribution in [3.05, 3.63) is 107 Å². The van der Waals surface area contributed by atoms with Gasteiger partial charge in [0, 0.05) is 30.8 Å². The molecule has 0 spiro atoms. The summed E-state index contributed by atoms with van der Waals surface area (Å²) in [6, 6.07) is 24.4. The lowest BCUT2D eigenvalue weighted by molar-refractivity contribution is -0.142. The maximum Gasteiger partial charge on any atom is 0.326 e. The zero-order chi connectivity index (χ0) is 36.9. The summed E-state index contributed by atoms with van der Waals surface area (Å²) in [6.45, 7) is 2.79. The van der Waals surface area contributed by atoms with Crippen molar-refractivity contribution in [3.8, 4) is 22.5 Å². The van der Waals surface area contributed by atoms with Crippen LogP contribution in [-0.4, -0.2) is 71.4 Å². The van der Waals surface area contributed by atoms with Gasteiger partial charge in [0.2, 0.25) is 11.7 Å². The van der Waals surface area contributed by atoms with Crippen LogP contribution in [0.2, 0.25) is 5.15 Å². The number of halogens is 1. The lowest BCUT2D eigenvalue weighted by Gasteiger charge is -2.19. The van der Waals surface area contributed by atoms with E-state index in [-0.39, 0.29) is 29.1 Å². The first-order valence-corrected chi connectivity index (χ1v) is 18.4. The molecule has 2 atom stereocenters. The Morgan fingerprint density at radius 3 is 2.35 bits per heavy atom. The van der Waals surface area contributed by atoms with Crippen molar-refractivity contribution in [2.45, 2.75) is 64.5 Å². The number of carbonyl (C=O) groups excluding carboxylic acids is 2. The summed E-state index contributed by atoms with van der Waals surface area (Å²) in [5.41, 5.74) is 5.03. The average Bonchev–Trinajstić information content (AvgIpc) is 3.81. The molecule has 5 aromatic rings. The monoisotopic (exact) mass is 742 g/mol. The molecular formula is C38H43ClN8O4S. The molecule has 2 heterocycles. The number of carboxylic acids is 1. The Morgan fingerprint density at radius 1 is 0.942 bits per heavy atom. The molecular weight excluding hydrogens is 700 g/mol. The minimum absolute atomic E-state index is 0.136. The second-order valence-electron chi connectivity index (χ2n) is 12.6. The number of hydrogen-bond acceptors (Lipinski definition) is 8. The highest BCUT2D eigenvalue weighted by Crippen LogP contribution is 2.30. The number of aliphatic carboxylic acids is 1. The molecule has 0 fully saturated rings. The summed E-state index contributed by atoms with van der Waals surface area (Å²) >= 11 is 10.9. The first kappa shape index (κ1) is 38.2. The maximum absolute atomic E-state index is 13.5. The van der Waals surface area contributed by atoms with Crippen LogP contribution in [0.4, 0.5) is 0 Å². The first-order chi connectivity index (χ1) is 25.3. The number of aromatic amines is 1. The van der Waals surface area contributed by atoms with Crippen LogP contribution in [0, 0.1) is 5.92 Å². The molecule has 1 unspecified atom stereocenters. The van der Waals surface area contributed by atoms with Crippen LogP contribution in [0.1, 0.15) is 66.5 Å². The third kappa shape index (κ3) is 10.1. The fourth-order valence-corrected chi connectivity index (χ4v) is 6.58. The lowest BCUT2D eigenvalue weighted by Crippen LogP contribution is -2.44. The fourth-order valence-electron chi connectivity index (χ4n) is 6.00. The Bertz CT molecular complexity index is 1920. The molecule has 2 amide bonds. The van der Waals surface area contributed by atoms with Gasteiger partial charge in [0.15, 0.2) is 5.15 Å². The van der Waals surface area contributed by atoms with E-state index in [1.54, 1.807) is 0 Å². The molecule has 0 bridgehead atoms. The number of unbranched alkanes of at least 4 members (excludes halogenated alkanes) is 2. The summed E-state index contributed by atoms with van der Waals surface area (Å²) in [5.74, 6) is -0.725. The number of thiol groups is 1. The number of amides is 2. The predicted molar refractivity (Wildman–Crippen MR) is 203 cm³/mol. The van der Waals surface area contributed by atoms with Crippen LogP contribution in [0.3, 0.4) is 0 Å². The molecule has 0 aliphatic heterocycles. The average molecular weight is 743 g/mol. The first-order valence-electron chi connectivity index (χ1n) is 17.4. The highest BCUT2D eigenvalue weighted by Gasteiger charge is 2.25. The van der Waals surface area contributed by atoms with Crippen molar-refractivity contribution in [1.82, 2.24) is 40.8 Å². The van der Waals surface area contributed by atoms with Crippen molar-refractivity contribution in [2.75, 3.05) is 12.3 Å². The molecule has 0 aliphatic carbocycles. The molecule has 3 aromatic carbocycles. The van der Waals surface area contributed by atoms with E-state index in [4.69, 9.17) is 11.6 Å². The van der Waals surface area contributed by atoms with E-state index in [0.717, 1.165) is 46.5 Å². The number of imidazole rings is 1. The quantitative estimate of drug-likeness (QED) is 0.0505. The van der Waals surface area contributed by atoms with E-state index in [1.165, 1.54) is 0 Å². The smallest absolute Gasteiger partial charge is 0.326 e. The van der Waals surface area contributed by atoms with Crippen LogP contribution in [0.25, 0.3) is 22.5 Å². The van der Waals surface area contributed by atoms with Gasteiger partial charge >= 0.3 is 5.97 Å². The Kier molecular flexibility index (Phi) is 14.0. The molecule has 12 nitrogen and oxygen atoms in total. The maximum atomic E-state index is 13.5. The normalized spacial score (nSPS) is 12.3. The Hall–Kier alpha value is -5.01. The van der Waals surface area contributed by atoms with E-state index in [1.807, 2.05) is 83.4 Å². The summed E-state index contributed by atoms with van der Waals surface area (Å²) in [6.07, 6.45) is 4.18. The fraction of sp³-hybridized carbons (Fsp3) is 0.342. The van der Waals surface area contributed by atoms with E-state index >= 15 is 0 Å². The standard InChI is InChI=1S/C38H43ClN8O4S/c1-2-3-16-32-42-34(39)33(47(32)23-26-17-19-27(20-18-26)29-13-7-8-14-30(29)35-43-45-46-44-35)37(49)40-21-10-9-15-31(38(50)51)41-36(48)28(24-52)22-25-11-5-4-6-12-25/h4-8,11-14,17-20,28,31,52H,2-3,9-10,15-16,21-24H2,1H3,(H,40,49)(H,41,48)(H,50,51)(H,43,44,45,46)/t28?,31-/m0/s1. The van der Waals surface area contributed by atoms with E-state index < -0.39 is 17.9 Å². The van der Waals surface area contributed by atoms with Crippen LogP contribution >= 0.6 is 24.2 Å². The van der Waals surface area contributed by atoms with Gasteiger partial charge in [0.25, 0.3) is 5.91 Å². The molecule has 52 heavy (non-hydrogen) atoms. The Balaban J connectivity index is 1.19. The third-order valence-electron chi connectivity index (χ3n) is 8.83. The number of tetrazole rings is 1. The van der Waals surface area contributed by atoms with Gasteiger partial charge < -0.3 is 20.3 Å². The minimum atomic E-state index is -1.10. The van der Waals surface area contributed by atoms with Gasteiger partial charge in [-0.2, -0.15) is 17.8 Å². The number of carbonyl (C=O) groups is 3. The van der Waals surface area contributed by atoms with Crippen LogP contribution in [0.5, 0.6) is 0 Å². The number of carboxylic acid groups (broad SMARTS) is 1. The van der Waals surface area contributed by atoms with Crippen molar-refractivity contribution < 1.29 is 19.5 Å². The van der Waals surface area contributed by atoms with E-state index in [9.17, 15) is 19.5 Å². The van der Waals surface area contributed by atoms with Crippen molar-refractivity contribution in [3.63, 3.8) is 0 Å². The molecule has 14 heteroatoms. The van der Waals surface area contributed by atoms with Crippen LogP contribution in [0.15, 0.2) is 78.9 Å². The molecule has 0 saturated heterocycles. The number of H-pyrrole nitrogens is 1. The van der Waals surface area contributed by atoms with Crippen molar-refractivity contribution >= 4 is 42.0 Å². The van der Waals surface area contributed by atoms with Gasteiger partial charge in [0.1, 0.15) is 17.6 Å². The number of nitrogens with one attached hydrogen (secondary N) is 3. The number of hydrogen-bond donors (Lipinski definition) is 5. The van der Waals surface area contributed by atoms with Crippen molar-refractivity contribution in [2.24, 2.45) is 5.92 Å². The van der Waals surface area contributed by atoms with Gasteiger partial charge in [0.05, 0.1) is 5.92 Å². The number of aromatic nitrogens is 6. The summed E-state index contributed by atoms with van der Waals surface area (Å²) < 4.78 is 1.87. The van der Waals surface area contributed by atoms with E-state index in [2.05, 4.69) is 55.8 Å². The second kappa shape index (κ2) is 19.0. The third-order valence-corrected chi connectivity index (χ3v) is 9.53. The van der Waals surface area contributed by atoms with Crippen molar-refractivity contribution in [1.29, 1.82) is 0 Å². The number of aryl methyl sites for hydroxylation is 1. The lowest BCUT2D eigenvalue weighted by atomic mass is 9.98. The number of rotatable bonds is 19. The van der Waals surface area contributed by atoms with Gasteiger partial charge in [-0.25, -0.2) is 9.78 Å². The molecule has 0 aliphatic rings. The summed E-state index contributed by atoms with van der Waals surface area (Å²) in [5, 5.41) is 30.0. The van der Waals surface area contributed by atoms with Gasteiger partial charge in [-0.15, -0.1) is 10.2 Å². The molecule has 272 valence electrons. The van der Waals surface area contributed by atoms with Crippen LogP contribution in [-0.2, 0) is 29.0 Å². The highest BCUT2D eigenvalue weighted by molar-refractivity contribution is 7.80. The highest BCUT2D eigenvalue weighted by atomic mass is 35.5. The molecule has 0 saturated carbocycles. The molecule has 2 aromatic heterocycles.